The maximum absolute atomic E-state index is 11.6. The fourth-order valence-corrected chi connectivity index (χ4v) is 1.84. The van der Waals surface area contributed by atoms with Crippen molar-refractivity contribution >= 4 is 6.03 Å². The summed E-state index contributed by atoms with van der Waals surface area (Å²) in [5, 5.41) is 5.56. The molecule has 1 aliphatic rings. The summed E-state index contributed by atoms with van der Waals surface area (Å²) in [5.74, 6) is 1.36. The lowest BCUT2D eigenvalue weighted by Gasteiger charge is -2.13. The summed E-state index contributed by atoms with van der Waals surface area (Å²) < 4.78 is 10.5. The molecule has 1 aromatic heterocycles. The molecule has 2 N–H and O–H groups in total. The first kappa shape index (κ1) is 15.6. The smallest absolute Gasteiger partial charge is 0.315 e. The number of nitrogens with one attached hydrogen (secondary N) is 2. The maximum Gasteiger partial charge on any atom is 0.315 e. The minimum Gasteiger partial charge on any atom is -0.477 e. The van der Waals surface area contributed by atoms with Crippen molar-refractivity contribution in [2.45, 2.75) is 32.4 Å². The number of pyridine rings is 1. The number of urea groups is 1. The lowest BCUT2D eigenvalue weighted by Crippen LogP contribution is -2.42. The highest BCUT2D eigenvalue weighted by Gasteiger charge is 2.22. The number of nitrogens with zero attached hydrogens (tertiary/aromatic N) is 1. The zero-order chi connectivity index (χ0) is 15.1. The van der Waals surface area contributed by atoms with Crippen LogP contribution >= 0.6 is 0 Å². The van der Waals surface area contributed by atoms with Crippen LogP contribution in [0.15, 0.2) is 18.3 Å². The standard InChI is InChI=1S/C15H23N3O3/c1-11(9-20-2)18-15(19)17-8-13-5-6-14(16-7-13)21-10-12-3-4-12/h5-7,11-12H,3-4,8-10H2,1-2H3,(H2,17,18,19)/t11-/m1/s1. The molecule has 116 valence electrons. The third kappa shape index (κ3) is 5.99. The first-order chi connectivity index (χ1) is 10.2. The first-order valence-electron chi connectivity index (χ1n) is 7.28. The van der Waals surface area contributed by atoms with Gasteiger partial charge in [0.15, 0.2) is 0 Å². The molecule has 6 nitrogen and oxygen atoms in total. The molecule has 0 spiro atoms. The van der Waals surface area contributed by atoms with Crippen molar-refractivity contribution in [3.8, 4) is 5.88 Å². The Hall–Kier alpha value is -1.82. The average molecular weight is 293 g/mol. The van der Waals surface area contributed by atoms with Gasteiger partial charge in [0.25, 0.3) is 0 Å². The van der Waals surface area contributed by atoms with Gasteiger partial charge >= 0.3 is 6.03 Å². The van der Waals surface area contributed by atoms with Crippen LogP contribution in [-0.4, -0.2) is 37.4 Å². The number of methoxy groups -OCH3 is 1. The number of rotatable bonds is 8. The fraction of sp³-hybridized carbons (Fsp3) is 0.600. The third-order valence-corrected chi connectivity index (χ3v) is 3.21. The molecule has 0 unspecified atom stereocenters. The van der Waals surface area contributed by atoms with E-state index in [1.165, 1.54) is 12.8 Å². The van der Waals surface area contributed by atoms with E-state index in [0.717, 1.165) is 12.2 Å². The van der Waals surface area contributed by atoms with Gasteiger partial charge in [-0.15, -0.1) is 0 Å². The van der Waals surface area contributed by atoms with Crippen LogP contribution in [0.4, 0.5) is 4.79 Å². The molecule has 1 saturated carbocycles. The molecule has 0 saturated heterocycles. The van der Waals surface area contributed by atoms with Gasteiger partial charge in [0.05, 0.1) is 19.3 Å². The van der Waals surface area contributed by atoms with E-state index in [0.29, 0.717) is 24.9 Å². The Kier molecular flexibility index (Phi) is 5.80. The molecular formula is C15H23N3O3. The van der Waals surface area contributed by atoms with Crippen LogP contribution in [0.25, 0.3) is 0 Å². The molecule has 1 atom stereocenters. The van der Waals surface area contributed by atoms with E-state index in [4.69, 9.17) is 9.47 Å². The lowest BCUT2D eigenvalue weighted by molar-refractivity contribution is 0.171. The van der Waals surface area contributed by atoms with Gasteiger partial charge in [0, 0.05) is 25.9 Å². The Morgan fingerprint density at radius 1 is 1.48 bits per heavy atom. The molecule has 0 aromatic carbocycles. The van der Waals surface area contributed by atoms with Crippen LogP contribution < -0.4 is 15.4 Å². The van der Waals surface area contributed by atoms with Crippen molar-refractivity contribution in [2.24, 2.45) is 5.92 Å². The van der Waals surface area contributed by atoms with Crippen molar-refractivity contribution < 1.29 is 14.3 Å². The van der Waals surface area contributed by atoms with Crippen LogP contribution in [0.1, 0.15) is 25.3 Å². The summed E-state index contributed by atoms with van der Waals surface area (Å²) in [7, 11) is 1.61. The van der Waals surface area contributed by atoms with Gasteiger partial charge in [-0.2, -0.15) is 0 Å². The van der Waals surface area contributed by atoms with E-state index < -0.39 is 0 Å². The first-order valence-corrected chi connectivity index (χ1v) is 7.28. The molecule has 21 heavy (non-hydrogen) atoms. The normalized spacial score (nSPS) is 15.3. The quantitative estimate of drug-likeness (QED) is 0.765. The van der Waals surface area contributed by atoms with E-state index in [2.05, 4.69) is 15.6 Å². The summed E-state index contributed by atoms with van der Waals surface area (Å²) in [6.07, 6.45) is 4.25. The van der Waals surface area contributed by atoms with Gasteiger partial charge in [0.2, 0.25) is 5.88 Å². The van der Waals surface area contributed by atoms with Gasteiger partial charge in [-0.1, -0.05) is 6.07 Å². The van der Waals surface area contributed by atoms with Crippen molar-refractivity contribution in [3.63, 3.8) is 0 Å². The van der Waals surface area contributed by atoms with E-state index in [1.54, 1.807) is 13.3 Å². The van der Waals surface area contributed by atoms with Gasteiger partial charge in [-0.25, -0.2) is 9.78 Å². The number of hydrogen-bond acceptors (Lipinski definition) is 4. The summed E-state index contributed by atoms with van der Waals surface area (Å²) in [4.78, 5) is 15.9. The van der Waals surface area contributed by atoms with Crippen molar-refractivity contribution in [2.75, 3.05) is 20.3 Å². The second-order valence-corrected chi connectivity index (χ2v) is 5.44. The Labute approximate surface area is 125 Å². The number of amides is 2. The number of hydrogen-bond donors (Lipinski definition) is 2. The topological polar surface area (TPSA) is 72.5 Å². The predicted octanol–water partition coefficient (Wildman–Crippen LogP) is 1.70. The van der Waals surface area contributed by atoms with Gasteiger partial charge in [-0.05, 0) is 31.2 Å². The van der Waals surface area contributed by atoms with Crippen molar-refractivity contribution in [1.82, 2.24) is 15.6 Å². The number of carbonyl (C=O) groups is 1. The molecule has 2 amide bonds. The molecule has 1 heterocycles. The van der Waals surface area contributed by atoms with Gasteiger partial charge in [-0.3, -0.25) is 0 Å². The third-order valence-electron chi connectivity index (χ3n) is 3.21. The van der Waals surface area contributed by atoms with Crippen LogP contribution in [0, 0.1) is 5.92 Å². The Morgan fingerprint density at radius 3 is 2.90 bits per heavy atom. The van der Waals surface area contributed by atoms with Crippen molar-refractivity contribution in [3.05, 3.63) is 23.9 Å². The molecule has 0 radical (unpaired) electrons. The van der Waals surface area contributed by atoms with E-state index in [1.807, 2.05) is 19.1 Å². The summed E-state index contributed by atoms with van der Waals surface area (Å²) in [6, 6.07) is 3.51. The number of aromatic nitrogens is 1. The molecule has 0 aliphatic heterocycles. The summed E-state index contributed by atoms with van der Waals surface area (Å²) in [5.41, 5.74) is 0.934. The van der Waals surface area contributed by atoms with Crippen molar-refractivity contribution in [1.29, 1.82) is 0 Å². The van der Waals surface area contributed by atoms with Crippen LogP contribution in [0.3, 0.4) is 0 Å². The monoisotopic (exact) mass is 293 g/mol. The summed E-state index contributed by atoms with van der Waals surface area (Å²) in [6.45, 7) is 3.56. The molecular weight excluding hydrogens is 270 g/mol. The molecule has 0 bridgehead atoms. The van der Waals surface area contributed by atoms with Gasteiger partial charge in [0.1, 0.15) is 0 Å². The summed E-state index contributed by atoms with van der Waals surface area (Å²) >= 11 is 0. The Balaban J connectivity index is 1.68. The second kappa shape index (κ2) is 7.83. The van der Waals surface area contributed by atoms with Crippen LogP contribution in [0.2, 0.25) is 0 Å². The zero-order valence-electron chi connectivity index (χ0n) is 12.6. The minimum atomic E-state index is -0.214. The van der Waals surface area contributed by atoms with E-state index >= 15 is 0 Å². The van der Waals surface area contributed by atoms with E-state index in [-0.39, 0.29) is 12.1 Å². The highest BCUT2D eigenvalue weighted by molar-refractivity contribution is 5.74. The maximum atomic E-state index is 11.6. The van der Waals surface area contributed by atoms with Crippen LogP contribution in [-0.2, 0) is 11.3 Å². The number of carbonyl (C=O) groups excluding carboxylic acids is 1. The Bertz CT molecular complexity index is 446. The van der Waals surface area contributed by atoms with Crippen LogP contribution in [0.5, 0.6) is 5.88 Å². The second-order valence-electron chi connectivity index (χ2n) is 5.44. The predicted molar refractivity (Wildman–Crippen MR) is 79.2 cm³/mol. The largest absolute Gasteiger partial charge is 0.477 e. The molecule has 2 rings (SSSR count). The fourth-order valence-electron chi connectivity index (χ4n) is 1.84. The SMILES string of the molecule is COC[C@@H](C)NC(=O)NCc1ccc(OCC2CC2)nc1. The lowest BCUT2D eigenvalue weighted by atomic mass is 10.3. The van der Waals surface area contributed by atoms with Gasteiger partial charge < -0.3 is 20.1 Å². The minimum absolute atomic E-state index is 0.0219. The highest BCUT2D eigenvalue weighted by Crippen LogP contribution is 2.29. The number of ether oxygens (including phenoxy) is 2. The molecule has 1 fully saturated rings. The zero-order valence-corrected chi connectivity index (χ0v) is 12.6. The molecule has 1 aliphatic carbocycles. The average Bonchev–Trinajstić information content (AvgIpc) is 3.28. The van der Waals surface area contributed by atoms with E-state index in [9.17, 15) is 4.79 Å². The Morgan fingerprint density at radius 2 is 2.29 bits per heavy atom. The highest BCUT2D eigenvalue weighted by atomic mass is 16.5. The molecule has 1 aromatic rings. The molecule has 6 heteroatoms.